The Labute approximate surface area is 333 Å². The third kappa shape index (κ3) is 5.19. The van der Waals surface area contributed by atoms with Gasteiger partial charge in [0, 0.05) is 63.3 Å². The zero-order valence-corrected chi connectivity index (χ0v) is 31.7. The summed E-state index contributed by atoms with van der Waals surface area (Å²) in [4.78, 5) is 26.0. The van der Waals surface area contributed by atoms with Crippen LogP contribution in [0.5, 0.6) is 0 Å². The molecule has 7 aromatic carbocycles. The summed E-state index contributed by atoms with van der Waals surface area (Å²) < 4.78 is 11.1. The third-order valence-corrected chi connectivity index (χ3v) is 12.9. The fourth-order valence-electron chi connectivity index (χ4n) is 7.92. The number of thiophene rings is 2. The van der Waals surface area contributed by atoms with E-state index in [0.29, 0.717) is 23.3 Å². The zero-order valence-electron chi connectivity index (χ0n) is 30.0. The molecule has 0 aliphatic carbocycles. The summed E-state index contributed by atoms with van der Waals surface area (Å²) in [6.45, 7) is 0. The highest BCUT2D eigenvalue weighted by Gasteiger charge is 2.21. The Morgan fingerprint density at radius 1 is 0.386 bits per heavy atom. The Morgan fingerprint density at radius 3 is 1.88 bits per heavy atom. The first-order valence-corrected chi connectivity index (χ1v) is 20.3. The number of fused-ring (bicyclic) bond motifs is 9. The predicted octanol–water partition coefficient (Wildman–Crippen LogP) is 13.6. The topological polar surface area (TPSA) is 77.6 Å². The number of para-hydroxylation sites is 2. The fourth-order valence-corrected chi connectivity index (χ4v) is 10.2. The summed E-state index contributed by atoms with van der Waals surface area (Å²) in [6, 6.07) is 56.2. The first kappa shape index (κ1) is 32.1. The van der Waals surface area contributed by atoms with Crippen LogP contribution in [0.3, 0.4) is 0 Å². The lowest BCUT2D eigenvalue weighted by Gasteiger charge is -2.10. The van der Waals surface area contributed by atoms with Crippen LogP contribution < -0.4 is 0 Å². The molecular formula is C49H27N5OS2. The molecule has 0 unspecified atom stereocenters. The van der Waals surface area contributed by atoms with Crippen molar-refractivity contribution >= 4 is 85.1 Å². The molecule has 57 heavy (non-hydrogen) atoms. The van der Waals surface area contributed by atoms with Gasteiger partial charge >= 0.3 is 0 Å². The van der Waals surface area contributed by atoms with Crippen LogP contribution in [0.4, 0.5) is 0 Å². The van der Waals surface area contributed by atoms with E-state index in [2.05, 4.69) is 97.1 Å². The molecule has 0 spiro atoms. The highest BCUT2D eigenvalue weighted by molar-refractivity contribution is 7.26. The van der Waals surface area contributed by atoms with Crippen molar-refractivity contribution in [2.75, 3.05) is 0 Å². The molecule has 0 atom stereocenters. The van der Waals surface area contributed by atoms with Gasteiger partial charge in [0.25, 0.3) is 0 Å². The minimum atomic E-state index is 0.555. The molecule has 6 nitrogen and oxygen atoms in total. The Bertz CT molecular complexity index is 3540. The van der Waals surface area contributed by atoms with E-state index in [1.54, 1.807) is 22.7 Å². The fraction of sp³-hybridized carbons (Fsp3) is 0. The second kappa shape index (κ2) is 12.7. The van der Waals surface area contributed by atoms with E-state index in [0.717, 1.165) is 91.2 Å². The zero-order chi connectivity index (χ0) is 37.5. The Hall–Kier alpha value is -7.13. The second-order valence-electron chi connectivity index (χ2n) is 14.0. The molecule has 0 bridgehead atoms. The number of nitrogens with zero attached hydrogens (tertiary/aromatic N) is 5. The van der Waals surface area contributed by atoms with E-state index in [-0.39, 0.29) is 0 Å². The largest absolute Gasteiger partial charge is 0.455 e. The average molecular weight is 766 g/mol. The molecular weight excluding hydrogens is 739 g/mol. The van der Waals surface area contributed by atoms with Crippen molar-refractivity contribution in [3.8, 4) is 56.8 Å². The van der Waals surface area contributed by atoms with Gasteiger partial charge < -0.3 is 4.42 Å². The molecule has 5 aromatic heterocycles. The number of hydrogen-bond donors (Lipinski definition) is 0. The van der Waals surface area contributed by atoms with Crippen molar-refractivity contribution in [3.63, 3.8) is 0 Å². The van der Waals surface area contributed by atoms with Gasteiger partial charge in [-0.3, -0.25) is 0 Å². The molecule has 0 aliphatic rings. The SMILES string of the molecule is c1ccc(-c2nc(-c3cccc4c3oc3ccccc34)nc(-c3cccc4sc5ccc(-c6nc(-c7ccccc7)c7sc8ccccc8c7n6)cc5c34)n2)cc1. The number of hydrogen-bond acceptors (Lipinski definition) is 8. The highest BCUT2D eigenvalue weighted by Crippen LogP contribution is 2.44. The van der Waals surface area contributed by atoms with E-state index < -0.39 is 0 Å². The lowest BCUT2D eigenvalue weighted by Crippen LogP contribution is -2.00. The quantitative estimate of drug-likeness (QED) is 0.174. The van der Waals surface area contributed by atoms with Gasteiger partial charge in [-0.05, 0) is 42.5 Å². The number of benzene rings is 7. The first-order chi connectivity index (χ1) is 28.2. The summed E-state index contributed by atoms with van der Waals surface area (Å²) in [5.74, 6) is 2.44. The lowest BCUT2D eigenvalue weighted by molar-refractivity contribution is 0.669. The maximum Gasteiger partial charge on any atom is 0.167 e. The maximum atomic E-state index is 6.47. The summed E-state index contributed by atoms with van der Waals surface area (Å²) in [5, 5.41) is 5.41. The molecule has 12 aromatic rings. The molecule has 0 aliphatic heterocycles. The number of aromatic nitrogens is 5. The van der Waals surface area contributed by atoms with Crippen molar-refractivity contribution in [1.29, 1.82) is 0 Å². The molecule has 0 amide bonds. The van der Waals surface area contributed by atoms with Gasteiger partial charge in [-0.25, -0.2) is 24.9 Å². The standard InChI is InChI=1S/C49H27N5OS2/c1-3-13-28(14-4-1)42-45-43(33-18-8-10-23-38(33)57-45)51-47(50-42)30-25-26-39-36(27-30)41-34(20-12-24-40(41)56-39)48-52-46(29-15-5-2-6-16-29)53-49(54-48)35-21-11-19-32-31-17-7-9-22-37(31)55-44(32)35/h1-27H. The summed E-state index contributed by atoms with van der Waals surface area (Å²) >= 11 is 3.50. The second-order valence-corrected chi connectivity index (χ2v) is 16.1. The molecule has 0 N–H and O–H groups in total. The van der Waals surface area contributed by atoms with Crippen molar-refractivity contribution in [2.45, 2.75) is 0 Å². The highest BCUT2D eigenvalue weighted by atomic mass is 32.1. The van der Waals surface area contributed by atoms with E-state index in [4.69, 9.17) is 29.3 Å². The van der Waals surface area contributed by atoms with E-state index in [1.807, 2.05) is 66.7 Å². The van der Waals surface area contributed by atoms with Crippen molar-refractivity contribution in [3.05, 3.63) is 164 Å². The molecule has 12 rings (SSSR count). The monoisotopic (exact) mass is 765 g/mol. The van der Waals surface area contributed by atoms with Crippen molar-refractivity contribution in [1.82, 2.24) is 24.9 Å². The van der Waals surface area contributed by atoms with E-state index in [9.17, 15) is 0 Å². The van der Waals surface area contributed by atoms with E-state index >= 15 is 0 Å². The Balaban J connectivity index is 1.08. The molecule has 266 valence electrons. The third-order valence-electron chi connectivity index (χ3n) is 10.6. The van der Waals surface area contributed by atoms with Crippen LogP contribution in [0.2, 0.25) is 0 Å². The summed E-state index contributed by atoms with van der Waals surface area (Å²) in [6.07, 6.45) is 0. The number of furan rings is 1. The Morgan fingerprint density at radius 2 is 1.02 bits per heavy atom. The Kier molecular flexibility index (Phi) is 7.17. The summed E-state index contributed by atoms with van der Waals surface area (Å²) in [5.41, 5.74) is 8.17. The average Bonchev–Trinajstić information content (AvgIpc) is 3.97. The smallest absolute Gasteiger partial charge is 0.167 e. The molecule has 0 radical (unpaired) electrons. The normalized spacial score (nSPS) is 11.9. The van der Waals surface area contributed by atoms with Crippen LogP contribution in [-0.4, -0.2) is 24.9 Å². The van der Waals surface area contributed by atoms with Gasteiger partial charge in [-0.1, -0.05) is 121 Å². The van der Waals surface area contributed by atoms with Crippen LogP contribution in [0.1, 0.15) is 0 Å². The van der Waals surface area contributed by atoms with Crippen LogP contribution >= 0.6 is 22.7 Å². The van der Waals surface area contributed by atoms with Gasteiger partial charge in [0.1, 0.15) is 11.2 Å². The lowest BCUT2D eigenvalue weighted by atomic mass is 10.0. The van der Waals surface area contributed by atoms with Gasteiger partial charge in [-0.15, -0.1) is 22.7 Å². The van der Waals surface area contributed by atoms with Gasteiger partial charge in [0.05, 0.1) is 21.5 Å². The molecule has 0 saturated heterocycles. The van der Waals surface area contributed by atoms with Gasteiger partial charge in [-0.2, -0.15) is 0 Å². The van der Waals surface area contributed by atoms with Crippen molar-refractivity contribution < 1.29 is 4.42 Å². The molecule has 0 saturated carbocycles. The van der Waals surface area contributed by atoms with Gasteiger partial charge in [0.2, 0.25) is 0 Å². The van der Waals surface area contributed by atoms with Crippen molar-refractivity contribution in [2.24, 2.45) is 0 Å². The molecule has 5 heterocycles. The van der Waals surface area contributed by atoms with Crippen LogP contribution in [0.15, 0.2) is 168 Å². The molecule has 8 heteroatoms. The van der Waals surface area contributed by atoms with Crippen LogP contribution in [-0.2, 0) is 0 Å². The molecule has 0 fully saturated rings. The van der Waals surface area contributed by atoms with Gasteiger partial charge in [0.15, 0.2) is 23.3 Å². The van der Waals surface area contributed by atoms with E-state index in [1.165, 1.54) is 4.70 Å². The minimum absolute atomic E-state index is 0.555. The maximum absolute atomic E-state index is 6.47. The van der Waals surface area contributed by atoms with Crippen LogP contribution in [0.25, 0.3) is 119 Å². The summed E-state index contributed by atoms with van der Waals surface area (Å²) in [7, 11) is 0. The first-order valence-electron chi connectivity index (χ1n) is 18.7. The number of rotatable bonds is 5. The predicted molar refractivity (Wildman–Crippen MR) is 236 cm³/mol. The minimum Gasteiger partial charge on any atom is -0.455 e. The van der Waals surface area contributed by atoms with Crippen LogP contribution in [0, 0.1) is 0 Å².